The van der Waals surface area contributed by atoms with Gasteiger partial charge >= 0.3 is 0 Å². The number of rotatable bonds is 5. The number of carbonyl (C=O) groups excluding carboxylic acids is 2. The summed E-state index contributed by atoms with van der Waals surface area (Å²) in [6.07, 6.45) is 2.44. The molecule has 6 heteroatoms. The standard InChI is InChI=1S/C22H26ClN3O2/c1-15-4-3-11-26(13-15)14-21(27)25-20-10-9-19(12-16(20)2)24-22(28)17-5-7-18(23)8-6-17/h5-10,12,15H,3-4,11,13-14H2,1-2H3,(H,24,28)(H,25,27)/p+1/t15-/m1/s1. The normalized spacial score (nSPS) is 19.1. The van der Waals surface area contributed by atoms with Gasteiger partial charge in [-0.3, -0.25) is 9.59 Å². The number of amides is 2. The maximum atomic E-state index is 12.4. The summed E-state index contributed by atoms with van der Waals surface area (Å²) >= 11 is 5.86. The molecule has 1 fully saturated rings. The number of anilines is 2. The zero-order chi connectivity index (χ0) is 20.1. The van der Waals surface area contributed by atoms with Crippen LogP contribution in [0.2, 0.25) is 5.02 Å². The molecule has 0 radical (unpaired) electrons. The molecular formula is C22H27ClN3O2+. The lowest BCUT2D eigenvalue weighted by atomic mass is 10.0. The van der Waals surface area contributed by atoms with Crippen LogP contribution in [0.25, 0.3) is 0 Å². The van der Waals surface area contributed by atoms with Gasteiger partial charge in [0.15, 0.2) is 6.54 Å². The van der Waals surface area contributed by atoms with Crippen LogP contribution in [0.15, 0.2) is 42.5 Å². The summed E-state index contributed by atoms with van der Waals surface area (Å²) in [6.45, 7) is 6.79. The maximum absolute atomic E-state index is 12.4. The van der Waals surface area contributed by atoms with Gasteiger partial charge in [0.2, 0.25) is 0 Å². The SMILES string of the molecule is Cc1cc(NC(=O)c2ccc(Cl)cc2)ccc1NC(=O)C[NH+]1CCC[C@@H](C)C1. The fourth-order valence-corrected chi connectivity index (χ4v) is 3.79. The van der Waals surface area contributed by atoms with E-state index in [0.717, 1.165) is 24.3 Å². The lowest BCUT2D eigenvalue weighted by Crippen LogP contribution is -3.14. The second-order valence-electron chi connectivity index (χ2n) is 7.67. The van der Waals surface area contributed by atoms with Crippen LogP contribution in [0.3, 0.4) is 0 Å². The van der Waals surface area contributed by atoms with Crippen LogP contribution < -0.4 is 15.5 Å². The number of carbonyl (C=O) groups is 2. The number of likely N-dealkylation sites (tertiary alicyclic amines) is 1. The molecule has 0 aromatic heterocycles. The third-order valence-electron chi connectivity index (χ3n) is 5.14. The molecule has 148 valence electrons. The first-order valence-corrected chi connectivity index (χ1v) is 10.1. The van der Waals surface area contributed by atoms with Crippen molar-refractivity contribution in [3.63, 3.8) is 0 Å². The van der Waals surface area contributed by atoms with E-state index in [1.54, 1.807) is 30.3 Å². The number of halogens is 1. The molecule has 3 N–H and O–H groups in total. The summed E-state index contributed by atoms with van der Waals surface area (Å²) in [5.41, 5.74) is 2.91. The molecule has 2 atom stereocenters. The first-order chi connectivity index (χ1) is 13.4. The van der Waals surface area contributed by atoms with Crippen LogP contribution in [0, 0.1) is 12.8 Å². The quantitative estimate of drug-likeness (QED) is 0.722. The monoisotopic (exact) mass is 400 g/mol. The Morgan fingerprint density at radius 3 is 2.57 bits per heavy atom. The molecule has 1 heterocycles. The van der Waals surface area contributed by atoms with Gasteiger partial charge in [0.1, 0.15) is 0 Å². The van der Waals surface area contributed by atoms with E-state index in [-0.39, 0.29) is 11.8 Å². The van der Waals surface area contributed by atoms with Gasteiger partial charge in [0.25, 0.3) is 11.8 Å². The molecule has 0 bridgehead atoms. The highest BCUT2D eigenvalue weighted by molar-refractivity contribution is 6.30. The maximum Gasteiger partial charge on any atom is 0.279 e. The van der Waals surface area contributed by atoms with Gasteiger partial charge in [-0.25, -0.2) is 0 Å². The third-order valence-corrected chi connectivity index (χ3v) is 5.39. The molecule has 0 spiro atoms. The van der Waals surface area contributed by atoms with Gasteiger partial charge in [-0.2, -0.15) is 0 Å². The Morgan fingerprint density at radius 1 is 1.14 bits per heavy atom. The van der Waals surface area contributed by atoms with Crippen LogP contribution in [0.4, 0.5) is 11.4 Å². The highest BCUT2D eigenvalue weighted by Crippen LogP contribution is 2.20. The fraction of sp³-hybridized carbons (Fsp3) is 0.364. The molecule has 2 aromatic carbocycles. The molecule has 1 aliphatic rings. The first kappa shape index (κ1) is 20.4. The minimum absolute atomic E-state index is 0.0325. The van der Waals surface area contributed by atoms with Crippen LogP contribution >= 0.6 is 11.6 Å². The summed E-state index contributed by atoms with van der Waals surface area (Å²) in [5.74, 6) is 0.516. The molecule has 1 aliphatic heterocycles. The average molecular weight is 401 g/mol. The molecule has 2 aromatic rings. The lowest BCUT2D eigenvalue weighted by molar-refractivity contribution is -0.900. The fourth-order valence-electron chi connectivity index (χ4n) is 3.67. The Balaban J connectivity index is 1.58. The molecule has 3 rings (SSSR count). The molecule has 0 saturated carbocycles. The minimum Gasteiger partial charge on any atom is -0.327 e. The molecule has 1 saturated heterocycles. The van der Waals surface area contributed by atoms with Crippen LogP contribution in [-0.4, -0.2) is 31.4 Å². The number of piperidine rings is 1. The van der Waals surface area contributed by atoms with Gasteiger partial charge in [-0.15, -0.1) is 0 Å². The van der Waals surface area contributed by atoms with Crippen molar-refractivity contribution in [3.8, 4) is 0 Å². The second kappa shape index (κ2) is 9.22. The van der Waals surface area contributed by atoms with Crippen LogP contribution in [0.5, 0.6) is 0 Å². The molecular weight excluding hydrogens is 374 g/mol. The van der Waals surface area contributed by atoms with E-state index < -0.39 is 0 Å². The molecule has 1 unspecified atom stereocenters. The average Bonchev–Trinajstić information content (AvgIpc) is 2.64. The Bertz CT molecular complexity index is 851. The predicted octanol–water partition coefficient (Wildman–Crippen LogP) is 3.15. The summed E-state index contributed by atoms with van der Waals surface area (Å²) in [6, 6.07) is 12.2. The number of quaternary nitrogens is 1. The Kier molecular flexibility index (Phi) is 6.70. The summed E-state index contributed by atoms with van der Waals surface area (Å²) < 4.78 is 0. The number of hydrogen-bond donors (Lipinski definition) is 3. The van der Waals surface area contributed by atoms with Gasteiger partial charge in [0.05, 0.1) is 13.1 Å². The number of aryl methyl sites for hydroxylation is 1. The van der Waals surface area contributed by atoms with Crippen molar-refractivity contribution in [1.29, 1.82) is 0 Å². The topological polar surface area (TPSA) is 62.6 Å². The summed E-state index contributed by atoms with van der Waals surface area (Å²) in [7, 11) is 0. The lowest BCUT2D eigenvalue weighted by Gasteiger charge is -2.27. The highest BCUT2D eigenvalue weighted by atomic mass is 35.5. The van der Waals surface area contributed by atoms with E-state index in [1.165, 1.54) is 17.7 Å². The van der Waals surface area contributed by atoms with Crippen molar-refractivity contribution in [1.82, 2.24) is 0 Å². The molecule has 2 amide bonds. The predicted molar refractivity (Wildman–Crippen MR) is 113 cm³/mol. The molecule has 5 nitrogen and oxygen atoms in total. The van der Waals surface area contributed by atoms with Gasteiger partial charge in [-0.1, -0.05) is 18.5 Å². The summed E-state index contributed by atoms with van der Waals surface area (Å²) in [4.78, 5) is 26.1. The molecule has 0 aliphatic carbocycles. The van der Waals surface area contributed by atoms with Crippen molar-refractivity contribution in [2.24, 2.45) is 5.92 Å². The van der Waals surface area contributed by atoms with Crippen molar-refractivity contribution < 1.29 is 14.5 Å². The first-order valence-electron chi connectivity index (χ1n) is 9.71. The van der Waals surface area contributed by atoms with E-state index in [1.807, 2.05) is 19.1 Å². The largest absolute Gasteiger partial charge is 0.327 e. The number of benzene rings is 2. The van der Waals surface area contributed by atoms with E-state index >= 15 is 0 Å². The van der Waals surface area contributed by atoms with E-state index in [2.05, 4.69) is 17.6 Å². The Morgan fingerprint density at radius 2 is 1.89 bits per heavy atom. The van der Waals surface area contributed by atoms with Crippen molar-refractivity contribution in [2.75, 3.05) is 30.3 Å². The van der Waals surface area contributed by atoms with E-state index in [9.17, 15) is 9.59 Å². The van der Waals surface area contributed by atoms with Gasteiger partial charge in [-0.05, 0) is 67.8 Å². The van der Waals surface area contributed by atoms with Crippen molar-refractivity contribution in [3.05, 3.63) is 58.6 Å². The zero-order valence-electron chi connectivity index (χ0n) is 16.3. The minimum atomic E-state index is -0.198. The van der Waals surface area contributed by atoms with Gasteiger partial charge in [0, 0.05) is 27.9 Å². The van der Waals surface area contributed by atoms with Crippen molar-refractivity contribution in [2.45, 2.75) is 26.7 Å². The van der Waals surface area contributed by atoms with Crippen LogP contribution in [0.1, 0.15) is 35.7 Å². The van der Waals surface area contributed by atoms with Gasteiger partial charge < -0.3 is 15.5 Å². The smallest absolute Gasteiger partial charge is 0.279 e. The van der Waals surface area contributed by atoms with Crippen molar-refractivity contribution >= 4 is 34.8 Å². The third kappa shape index (κ3) is 5.57. The van der Waals surface area contributed by atoms with E-state index in [4.69, 9.17) is 11.6 Å². The zero-order valence-corrected chi connectivity index (χ0v) is 17.1. The number of nitrogens with one attached hydrogen (secondary N) is 3. The van der Waals surface area contributed by atoms with E-state index in [0.29, 0.717) is 28.7 Å². The highest BCUT2D eigenvalue weighted by Gasteiger charge is 2.22. The number of hydrogen-bond acceptors (Lipinski definition) is 2. The summed E-state index contributed by atoms with van der Waals surface area (Å²) in [5, 5.41) is 6.47. The Labute approximate surface area is 171 Å². The second-order valence-corrected chi connectivity index (χ2v) is 8.10. The molecule has 28 heavy (non-hydrogen) atoms. The van der Waals surface area contributed by atoms with Crippen LogP contribution in [-0.2, 0) is 4.79 Å². The Hall–Kier alpha value is -2.37.